The number of rotatable bonds is 6. The Morgan fingerprint density at radius 1 is 0.690 bits per heavy atom. The van der Waals surface area contributed by atoms with Crippen molar-refractivity contribution in [2.75, 3.05) is 79.1 Å². The predicted molar refractivity (Wildman–Crippen MR) is 106 cm³/mol. The molecule has 1 rings (SSSR count). The summed E-state index contributed by atoms with van der Waals surface area (Å²) in [6, 6.07) is 0. The fourth-order valence-electron chi connectivity index (χ4n) is 3.15. The SMILES string of the molecule is CO.NC(=O)CN1CCCN(CC(N)=O)CCN(CC(N)=O)CCC[NH2+]CC1.[I-]. The normalized spacial score (nSPS) is 18.4. The second-order valence-electron chi connectivity index (χ2n) is 6.80. The summed E-state index contributed by atoms with van der Waals surface area (Å²) in [4.78, 5) is 39.9. The zero-order valence-corrected chi connectivity index (χ0v) is 19.6. The molecule has 1 aliphatic rings. The Morgan fingerprint density at radius 2 is 1.07 bits per heavy atom. The smallest absolute Gasteiger partial charge is 0.231 e. The second-order valence-corrected chi connectivity index (χ2v) is 6.80. The van der Waals surface area contributed by atoms with Gasteiger partial charge in [0, 0.05) is 46.3 Å². The van der Waals surface area contributed by atoms with Crippen LogP contribution in [0.1, 0.15) is 12.8 Å². The lowest BCUT2D eigenvalue weighted by Crippen LogP contribution is -3.00. The van der Waals surface area contributed by atoms with Crippen LogP contribution < -0.4 is 46.5 Å². The molecule has 0 aromatic heterocycles. The van der Waals surface area contributed by atoms with Gasteiger partial charge >= 0.3 is 0 Å². The number of primary amides is 3. The third-order valence-electron chi connectivity index (χ3n) is 4.35. The van der Waals surface area contributed by atoms with Crippen LogP contribution >= 0.6 is 0 Å². The highest BCUT2D eigenvalue weighted by molar-refractivity contribution is 5.76. The molecule has 0 aromatic carbocycles. The van der Waals surface area contributed by atoms with Gasteiger partial charge in [0.25, 0.3) is 0 Å². The molecule has 172 valence electrons. The van der Waals surface area contributed by atoms with Gasteiger partial charge in [0.05, 0.1) is 32.7 Å². The lowest BCUT2D eigenvalue weighted by molar-refractivity contribution is -0.654. The third-order valence-corrected chi connectivity index (χ3v) is 4.35. The number of amides is 3. The van der Waals surface area contributed by atoms with Crippen molar-refractivity contribution in [2.24, 2.45) is 17.2 Å². The lowest BCUT2D eigenvalue weighted by Gasteiger charge is -2.28. The van der Waals surface area contributed by atoms with Gasteiger partial charge in [-0.25, -0.2) is 0 Å². The Labute approximate surface area is 190 Å². The number of quaternary nitrogens is 1. The van der Waals surface area contributed by atoms with Crippen LogP contribution in [0.2, 0.25) is 0 Å². The number of carbonyl (C=O) groups is 3. The average Bonchev–Trinajstić information content (AvgIpc) is 2.61. The predicted octanol–water partition coefficient (Wildman–Crippen LogP) is -7.68. The van der Waals surface area contributed by atoms with Crippen LogP contribution in [0.4, 0.5) is 0 Å². The molecule has 1 heterocycles. The van der Waals surface area contributed by atoms with Crippen LogP contribution in [-0.2, 0) is 14.4 Å². The quantitative estimate of drug-likeness (QED) is 0.212. The Balaban J connectivity index is 0. The van der Waals surface area contributed by atoms with Crippen molar-refractivity contribution in [2.45, 2.75) is 12.8 Å². The van der Waals surface area contributed by atoms with Crippen LogP contribution in [0.5, 0.6) is 0 Å². The molecule has 0 saturated carbocycles. The standard InChI is InChI=1S/C16H33N7O3.CH4O.HI/c17-14(24)11-21-6-2-7-23(13-16(19)26)10-9-22(12-15(18)25)5-1-3-20-4-8-21;1-2;/h20H,1-13H2,(H2,17,24)(H2,18,25)(H2,19,26);2H,1H3;1H. The zero-order chi connectivity index (χ0) is 21.4. The number of nitrogens with two attached hydrogens (primary N) is 4. The minimum Gasteiger partial charge on any atom is -1.00 e. The topological polar surface area (TPSA) is 176 Å². The minimum absolute atomic E-state index is 0. The van der Waals surface area contributed by atoms with Gasteiger partial charge in [0.15, 0.2) is 0 Å². The molecule has 0 radical (unpaired) electrons. The molecule has 1 fully saturated rings. The molecular formula is C17H38IN7O4. The number of aliphatic hydroxyl groups excluding tert-OH is 1. The van der Waals surface area contributed by atoms with Gasteiger partial charge < -0.3 is 51.6 Å². The van der Waals surface area contributed by atoms with E-state index in [1.807, 2.05) is 14.7 Å². The number of carbonyl (C=O) groups excluding carboxylic acids is 3. The van der Waals surface area contributed by atoms with E-state index in [4.69, 9.17) is 22.3 Å². The average molecular weight is 531 g/mol. The largest absolute Gasteiger partial charge is 1.00 e. The van der Waals surface area contributed by atoms with Gasteiger partial charge in [-0.05, 0) is 13.0 Å². The summed E-state index contributed by atoms with van der Waals surface area (Å²) in [7, 11) is 1.00. The van der Waals surface area contributed by atoms with Crippen molar-refractivity contribution in [3.63, 3.8) is 0 Å². The number of aliphatic hydroxyl groups is 1. The molecule has 29 heavy (non-hydrogen) atoms. The fourth-order valence-corrected chi connectivity index (χ4v) is 3.15. The molecule has 1 aliphatic heterocycles. The summed E-state index contributed by atoms with van der Waals surface area (Å²) in [5.74, 6) is -1.06. The molecule has 0 aliphatic carbocycles. The lowest BCUT2D eigenvalue weighted by atomic mass is 10.3. The molecule has 1 saturated heterocycles. The van der Waals surface area contributed by atoms with Gasteiger partial charge in [-0.15, -0.1) is 0 Å². The maximum Gasteiger partial charge on any atom is 0.231 e. The number of nitrogens with zero attached hydrogens (tertiary/aromatic N) is 3. The molecule has 0 aromatic rings. The van der Waals surface area contributed by atoms with E-state index in [1.54, 1.807) is 0 Å². The molecule has 0 spiro atoms. The summed E-state index contributed by atoms with van der Waals surface area (Å²) in [5.41, 5.74) is 16.0. The zero-order valence-electron chi connectivity index (χ0n) is 17.4. The number of hydrogen-bond acceptors (Lipinski definition) is 7. The van der Waals surface area contributed by atoms with Gasteiger partial charge in [-0.3, -0.25) is 29.1 Å². The molecule has 0 bridgehead atoms. The van der Waals surface area contributed by atoms with E-state index in [1.165, 1.54) is 0 Å². The van der Waals surface area contributed by atoms with Crippen molar-refractivity contribution < 1.29 is 48.8 Å². The van der Waals surface area contributed by atoms with Gasteiger partial charge in [0.2, 0.25) is 17.7 Å². The summed E-state index contributed by atoms with van der Waals surface area (Å²) in [6.45, 7) is 6.72. The second kappa shape index (κ2) is 18.9. The Hall–Kier alpha value is -1.06. The van der Waals surface area contributed by atoms with E-state index >= 15 is 0 Å². The highest BCUT2D eigenvalue weighted by Gasteiger charge is 2.15. The van der Waals surface area contributed by atoms with E-state index in [-0.39, 0.29) is 61.3 Å². The van der Waals surface area contributed by atoms with E-state index in [9.17, 15) is 14.4 Å². The van der Waals surface area contributed by atoms with E-state index in [0.29, 0.717) is 19.6 Å². The first-order chi connectivity index (χ1) is 13.4. The summed E-state index contributed by atoms with van der Waals surface area (Å²) in [5, 5.41) is 9.21. The molecule has 11 nitrogen and oxygen atoms in total. The van der Waals surface area contributed by atoms with E-state index < -0.39 is 0 Å². The van der Waals surface area contributed by atoms with Crippen LogP contribution in [0, 0.1) is 0 Å². The number of halogens is 1. The Bertz CT molecular complexity index is 471. The van der Waals surface area contributed by atoms with Crippen LogP contribution in [0.3, 0.4) is 0 Å². The van der Waals surface area contributed by atoms with Crippen molar-refractivity contribution in [3.05, 3.63) is 0 Å². The van der Waals surface area contributed by atoms with E-state index in [0.717, 1.165) is 52.7 Å². The van der Waals surface area contributed by atoms with Crippen LogP contribution in [-0.4, -0.2) is 117 Å². The molecule has 12 heteroatoms. The maximum atomic E-state index is 11.3. The van der Waals surface area contributed by atoms with Gasteiger partial charge in [-0.2, -0.15) is 0 Å². The van der Waals surface area contributed by atoms with Gasteiger partial charge in [-0.1, -0.05) is 0 Å². The number of hydrogen-bond donors (Lipinski definition) is 5. The highest BCUT2D eigenvalue weighted by atomic mass is 127. The third kappa shape index (κ3) is 17.5. The molecule has 3 amide bonds. The molecule has 0 atom stereocenters. The molecule has 0 unspecified atom stereocenters. The summed E-state index contributed by atoms with van der Waals surface area (Å²) in [6.07, 6.45) is 1.73. The molecular weight excluding hydrogens is 493 g/mol. The summed E-state index contributed by atoms with van der Waals surface area (Å²) < 4.78 is 0. The monoisotopic (exact) mass is 531 g/mol. The van der Waals surface area contributed by atoms with Crippen molar-refractivity contribution >= 4 is 17.7 Å². The van der Waals surface area contributed by atoms with Crippen molar-refractivity contribution in [3.8, 4) is 0 Å². The first kappa shape index (κ1) is 30.1. The molecule has 9 N–H and O–H groups in total. The van der Waals surface area contributed by atoms with Crippen LogP contribution in [0.15, 0.2) is 0 Å². The Morgan fingerprint density at radius 3 is 1.48 bits per heavy atom. The van der Waals surface area contributed by atoms with Gasteiger partial charge in [0.1, 0.15) is 0 Å². The Kier molecular flexibility index (Phi) is 19.7. The highest BCUT2D eigenvalue weighted by Crippen LogP contribution is 1.99. The van der Waals surface area contributed by atoms with Crippen molar-refractivity contribution in [1.82, 2.24) is 14.7 Å². The fraction of sp³-hybridized carbons (Fsp3) is 0.824. The van der Waals surface area contributed by atoms with Crippen LogP contribution in [0.25, 0.3) is 0 Å². The maximum absolute atomic E-state index is 11.3. The van der Waals surface area contributed by atoms with E-state index in [2.05, 4.69) is 5.32 Å². The van der Waals surface area contributed by atoms with Crippen molar-refractivity contribution in [1.29, 1.82) is 0 Å². The summed E-state index contributed by atoms with van der Waals surface area (Å²) >= 11 is 0. The first-order valence-electron chi connectivity index (χ1n) is 9.65. The first-order valence-corrected chi connectivity index (χ1v) is 9.65. The minimum atomic E-state index is -0.379.